The van der Waals surface area contributed by atoms with E-state index in [1.165, 1.54) is 18.4 Å². The molecule has 0 aliphatic carbocycles. The highest BCUT2D eigenvalue weighted by atomic mass is 35.5. The summed E-state index contributed by atoms with van der Waals surface area (Å²) < 4.78 is 5.68. The third-order valence-electron chi connectivity index (χ3n) is 4.66. The van der Waals surface area contributed by atoms with Crippen LogP contribution in [-0.4, -0.2) is 30.0 Å². The van der Waals surface area contributed by atoms with Gasteiger partial charge in [-0.25, -0.2) is 0 Å². The van der Waals surface area contributed by atoms with Crippen LogP contribution in [0.25, 0.3) is 0 Å². The molecule has 26 heavy (non-hydrogen) atoms. The van der Waals surface area contributed by atoms with E-state index >= 15 is 0 Å². The Balaban J connectivity index is 1.54. The molecule has 0 aromatic heterocycles. The summed E-state index contributed by atoms with van der Waals surface area (Å²) in [5.41, 5.74) is 2.44. The van der Waals surface area contributed by atoms with E-state index in [1.54, 1.807) is 31.2 Å². The lowest BCUT2D eigenvalue weighted by Crippen LogP contribution is -2.36. The normalized spacial score (nSPS) is 15.6. The highest BCUT2D eigenvalue weighted by Crippen LogP contribution is 2.18. The van der Waals surface area contributed by atoms with Crippen LogP contribution in [0.4, 0.5) is 0 Å². The molecule has 1 aliphatic rings. The minimum absolute atomic E-state index is 0.129. The molecule has 0 saturated carbocycles. The van der Waals surface area contributed by atoms with Gasteiger partial charge in [-0.1, -0.05) is 35.9 Å². The van der Waals surface area contributed by atoms with E-state index in [0.717, 1.165) is 25.2 Å². The van der Waals surface area contributed by atoms with Crippen LogP contribution in [0.1, 0.15) is 30.9 Å². The van der Waals surface area contributed by atoms with Crippen molar-refractivity contribution in [2.75, 3.05) is 13.1 Å². The van der Waals surface area contributed by atoms with Crippen LogP contribution < -0.4 is 10.1 Å². The first-order chi connectivity index (χ1) is 12.6. The van der Waals surface area contributed by atoms with E-state index in [-0.39, 0.29) is 5.91 Å². The number of halogens is 1. The fourth-order valence-corrected chi connectivity index (χ4v) is 3.29. The SMILES string of the molecule is C[C@H](Oc1ccc(Cl)cc1)C(=O)NCc1ccccc1CN1CCCC1. The number of carbonyl (C=O) groups is 1. The number of hydrogen-bond donors (Lipinski definition) is 1. The van der Waals surface area contributed by atoms with Gasteiger partial charge in [-0.15, -0.1) is 0 Å². The summed E-state index contributed by atoms with van der Waals surface area (Å²) in [4.78, 5) is 14.8. The van der Waals surface area contributed by atoms with Crippen LogP contribution in [0.2, 0.25) is 5.02 Å². The Bertz CT molecular complexity index is 727. The fourth-order valence-electron chi connectivity index (χ4n) is 3.16. The van der Waals surface area contributed by atoms with Crippen molar-refractivity contribution in [3.8, 4) is 5.75 Å². The first-order valence-corrected chi connectivity index (χ1v) is 9.48. The number of likely N-dealkylation sites (tertiary alicyclic amines) is 1. The lowest BCUT2D eigenvalue weighted by molar-refractivity contribution is -0.127. The summed E-state index contributed by atoms with van der Waals surface area (Å²) in [6.07, 6.45) is 1.98. The zero-order valence-electron chi connectivity index (χ0n) is 15.1. The van der Waals surface area contributed by atoms with Gasteiger partial charge in [0.25, 0.3) is 5.91 Å². The van der Waals surface area contributed by atoms with Crippen molar-refractivity contribution < 1.29 is 9.53 Å². The molecule has 0 radical (unpaired) electrons. The summed E-state index contributed by atoms with van der Waals surface area (Å²) in [6.45, 7) is 5.53. The van der Waals surface area contributed by atoms with Crippen molar-refractivity contribution in [2.45, 2.75) is 39.0 Å². The summed E-state index contributed by atoms with van der Waals surface area (Å²) in [5, 5.41) is 3.63. The third kappa shape index (κ3) is 5.23. The standard InChI is InChI=1S/C21H25ClN2O2/c1-16(26-20-10-8-19(22)9-11-20)21(25)23-14-17-6-2-3-7-18(17)15-24-12-4-5-13-24/h2-3,6-11,16H,4-5,12-15H2,1H3,(H,23,25)/t16-/m0/s1. The minimum atomic E-state index is -0.568. The van der Waals surface area contributed by atoms with Gasteiger partial charge in [-0.05, 0) is 68.2 Å². The molecule has 2 aromatic carbocycles. The summed E-state index contributed by atoms with van der Waals surface area (Å²) >= 11 is 5.87. The zero-order chi connectivity index (χ0) is 18.4. The Labute approximate surface area is 160 Å². The summed E-state index contributed by atoms with van der Waals surface area (Å²) in [5.74, 6) is 0.502. The maximum atomic E-state index is 12.4. The number of nitrogens with one attached hydrogen (secondary N) is 1. The molecule has 0 unspecified atom stereocenters. The highest BCUT2D eigenvalue weighted by Gasteiger charge is 2.16. The number of ether oxygens (including phenoxy) is 1. The highest BCUT2D eigenvalue weighted by molar-refractivity contribution is 6.30. The van der Waals surface area contributed by atoms with E-state index in [2.05, 4.69) is 28.4 Å². The number of carbonyl (C=O) groups excluding carboxylic acids is 1. The molecule has 1 aliphatic heterocycles. The van der Waals surface area contributed by atoms with E-state index < -0.39 is 6.10 Å². The Morgan fingerprint density at radius 1 is 1.12 bits per heavy atom. The molecule has 1 atom stereocenters. The minimum Gasteiger partial charge on any atom is -0.481 e. The third-order valence-corrected chi connectivity index (χ3v) is 4.91. The molecule has 1 heterocycles. The van der Waals surface area contributed by atoms with Crippen LogP contribution in [0.5, 0.6) is 5.75 Å². The number of benzene rings is 2. The number of rotatable bonds is 7. The van der Waals surface area contributed by atoms with Crippen molar-refractivity contribution in [3.05, 3.63) is 64.7 Å². The van der Waals surface area contributed by atoms with Crippen LogP contribution in [-0.2, 0) is 17.9 Å². The quantitative estimate of drug-likeness (QED) is 0.798. The Hall–Kier alpha value is -2.04. The lowest BCUT2D eigenvalue weighted by Gasteiger charge is -2.19. The largest absolute Gasteiger partial charge is 0.481 e. The average molecular weight is 373 g/mol. The maximum absolute atomic E-state index is 12.4. The van der Waals surface area contributed by atoms with E-state index in [1.807, 2.05) is 6.07 Å². The molecule has 1 fully saturated rings. The van der Waals surface area contributed by atoms with Crippen LogP contribution in [0, 0.1) is 0 Å². The summed E-state index contributed by atoms with van der Waals surface area (Å²) in [7, 11) is 0. The van der Waals surface area contributed by atoms with Crippen LogP contribution in [0.3, 0.4) is 0 Å². The number of hydrogen-bond acceptors (Lipinski definition) is 3. The van der Waals surface area contributed by atoms with Gasteiger partial charge in [-0.3, -0.25) is 9.69 Å². The fraction of sp³-hybridized carbons (Fsp3) is 0.381. The van der Waals surface area contributed by atoms with E-state index in [9.17, 15) is 4.79 Å². The second-order valence-corrected chi connectivity index (χ2v) is 7.12. The molecule has 3 rings (SSSR count). The van der Waals surface area contributed by atoms with Gasteiger partial charge < -0.3 is 10.1 Å². The van der Waals surface area contributed by atoms with Gasteiger partial charge in [0.05, 0.1) is 0 Å². The molecule has 1 amide bonds. The van der Waals surface area contributed by atoms with Crippen molar-refractivity contribution in [2.24, 2.45) is 0 Å². The molecule has 2 aromatic rings. The van der Waals surface area contributed by atoms with Gasteiger partial charge in [0, 0.05) is 18.1 Å². The smallest absolute Gasteiger partial charge is 0.261 e. The zero-order valence-corrected chi connectivity index (χ0v) is 15.8. The van der Waals surface area contributed by atoms with E-state index in [4.69, 9.17) is 16.3 Å². The molecular weight excluding hydrogens is 348 g/mol. The number of amides is 1. The van der Waals surface area contributed by atoms with Crippen molar-refractivity contribution in [1.29, 1.82) is 0 Å². The molecule has 0 spiro atoms. The van der Waals surface area contributed by atoms with E-state index in [0.29, 0.717) is 17.3 Å². The maximum Gasteiger partial charge on any atom is 0.261 e. The molecule has 5 heteroatoms. The second-order valence-electron chi connectivity index (χ2n) is 6.68. The van der Waals surface area contributed by atoms with Gasteiger partial charge in [-0.2, -0.15) is 0 Å². The molecule has 138 valence electrons. The second kappa shape index (κ2) is 9.06. The first-order valence-electron chi connectivity index (χ1n) is 9.11. The number of nitrogens with zero attached hydrogens (tertiary/aromatic N) is 1. The van der Waals surface area contributed by atoms with Crippen molar-refractivity contribution in [1.82, 2.24) is 10.2 Å². The lowest BCUT2D eigenvalue weighted by atomic mass is 10.1. The average Bonchev–Trinajstić information content (AvgIpc) is 3.15. The molecule has 0 bridgehead atoms. The molecule has 1 N–H and O–H groups in total. The Morgan fingerprint density at radius 3 is 2.46 bits per heavy atom. The van der Waals surface area contributed by atoms with Crippen molar-refractivity contribution in [3.63, 3.8) is 0 Å². The van der Waals surface area contributed by atoms with Gasteiger partial charge >= 0.3 is 0 Å². The molecule has 1 saturated heterocycles. The topological polar surface area (TPSA) is 41.6 Å². The van der Waals surface area contributed by atoms with Crippen LogP contribution in [0.15, 0.2) is 48.5 Å². The van der Waals surface area contributed by atoms with Gasteiger partial charge in [0.1, 0.15) is 5.75 Å². The molecular formula is C21H25ClN2O2. The monoisotopic (exact) mass is 372 g/mol. The predicted octanol–water partition coefficient (Wildman–Crippen LogP) is 4.02. The first kappa shape index (κ1) is 18.7. The summed E-state index contributed by atoms with van der Waals surface area (Å²) in [6, 6.07) is 15.3. The Morgan fingerprint density at radius 2 is 1.77 bits per heavy atom. The van der Waals surface area contributed by atoms with Crippen LogP contribution >= 0.6 is 11.6 Å². The molecule has 4 nitrogen and oxygen atoms in total. The van der Waals surface area contributed by atoms with Gasteiger partial charge in [0.2, 0.25) is 0 Å². The van der Waals surface area contributed by atoms with Gasteiger partial charge in [0.15, 0.2) is 6.10 Å². The predicted molar refractivity (Wildman–Crippen MR) is 104 cm³/mol. The Kier molecular flexibility index (Phi) is 6.53. The van der Waals surface area contributed by atoms with Crippen molar-refractivity contribution >= 4 is 17.5 Å².